The quantitative estimate of drug-likeness (QED) is 0.853. The molecule has 1 fully saturated rings. The second kappa shape index (κ2) is 5.90. The van der Waals surface area contributed by atoms with Crippen molar-refractivity contribution in [3.05, 3.63) is 26.9 Å². The molecule has 0 aromatic carbocycles. The van der Waals surface area contributed by atoms with E-state index in [1.165, 1.54) is 34.1 Å². The summed E-state index contributed by atoms with van der Waals surface area (Å²) in [4.78, 5) is 25.2. The van der Waals surface area contributed by atoms with Crippen LogP contribution in [0.3, 0.4) is 0 Å². The summed E-state index contributed by atoms with van der Waals surface area (Å²) >= 11 is 6.32. The largest absolute Gasteiger partial charge is 0.480 e. The van der Waals surface area contributed by atoms with E-state index in [1.54, 1.807) is 6.08 Å². The van der Waals surface area contributed by atoms with Gasteiger partial charge in [-0.05, 0) is 34.1 Å². The Bertz CT molecular complexity index is 500. The maximum atomic E-state index is 11.9. The normalized spacial score (nSPS) is 19.6. The van der Waals surface area contributed by atoms with Crippen LogP contribution in [0, 0.1) is 0 Å². The topological polar surface area (TPSA) is 57.6 Å². The average Bonchev–Trinajstić information content (AvgIpc) is 2.94. The molecule has 0 bridgehead atoms. The van der Waals surface area contributed by atoms with Gasteiger partial charge in [0.25, 0.3) is 0 Å². The number of hydrogen-bond acceptors (Lipinski definition) is 4. The maximum Gasteiger partial charge on any atom is 0.327 e. The highest BCUT2D eigenvalue weighted by molar-refractivity contribution is 9.11. The molecular formula is C11H10BrNO3S2. The molecule has 4 nitrogen and oxygen atoms in total. The Morgan fingerprint density at radius 3 is 2.89 bits per heavy atom. The number of carboxylic acid groups (broad SMARTS) is 1. The van der Waals surface area contributed by atoms with Crippen LogP contribution in [-0.4, -0.2) is 39.6 Å². The lowest BCUT2D eigenvalue weighted by molar-refractivity contribution is -0.146. The van der Waals surface area contributed by atoms with Gasteiger partial charge in [0, 0.05) is 16.7 Å². The summed E-state index contributed by atoms with van der Waals surface area (Å²) in [6, 6.07) is 3.09. The molecule has 0 unspecified atom stereocenters. The van der Waals surface area contributed by atoms with Crippen LogP contribution in [0.4, 0.5) is 0 Å². The Balaban J connectivity index is 2.03. The molecule has 0 spiro atoms. The van der Waals surface area contributed by atoms with Crippen LogP contribution in [-0.2, 0) is 9.59 Å². The van der Waals surface area contributed by atoms with Gasteiger partial charge in [-0.15, -0.1) is 23.1 Å². The van der Waals surface area contributed by atoms with Crippen LogP contribution in [0.2, 0.25) is 0 Å². The first-order chi connectivity index (χ1) is 8.58. The number of aliphatic carboxylic acids is 1. The van der Waals surface area contributed by atoms with Crippen LogP contribution >= 0.6 is 39.0 Å². The van der Waals surface area contributed by atoms with Gasteiger partial charge < -0.3 is 10.0 Å². The maximum absolute atomic E-state index is 11.9. The Morgan fingerprint density at radius 2 is 2.28 bits per heavy atom. The fourth-order valence-electron chi connectivity index (χ4n) is 1.53. The number of nitrogens with zero attached hydrogens (tertiary/aromatic N) is 1. The summed E-state index contributed by atoms with van der Waals surface area (Å²) in [7, 11) is 0. The minimum atomic E-state index is -0.944. The zero-order valence-electron chi connectivity index (χ0n) is 9.21. The summed E-state index contributed by atoms with van der Waals surface area (Å²) in [6.07, 6.45) is 3.14. The van der Waals surface area contributed by atoms with E-state index in [4.69, 9.17) is 5.11 Å². The van der Waals surface area contributed by atoms with Gasteiger partial charge in [-0.3, -0.25) is 4.79 Å². The minimum absolute atomic E-state index is 0.253. The molecule has 2 rings (SSSR count). The molecule has 1 saturated heterocycles. The van der Waals surface area contributed by atoms with Crippen molar-refractivity contribution in [1.82, 2.24) is 4.90 Å². The summed E-state index contributed by atoms with van der Waals surface area (Å²) < 4.78 is 0.995. The molecular weight excluding hydrogens is 338 g/mol. The number of carbonyl (C=O) groups is 2. The number of amides is 1. The Hall–Kier alpha value is -0.790. The van der Waals surface area contributed by atoms with Crippen molar-refractivity contribution in [2.24, 2.45) is 0 Å². The molecule has 1 aromatic rings. The lowest BCUT2D eigenvalue weighted by atomic mass is 10.3. The summed E-state index contributed by atoms with van der Waals surface area (Å²) in [6.45, 7) is 0. The fourth-order valence-corrected chi connectivity index (χ4v) is 4.01. The molecule has 1 N–H and O–H groups in total. The van der Waals surface area contributed by atoms with Gasteiger partial charge in [-0.1, -0.05) is 0 Å². The molecule has 0 saturated carbocycles. The van der Waals surface area contributed by atoms with Crippen LogP contribution < -0.4 is 0 Å². The van der Waals surface area contributed by atoms with Gasteiger partial charge in [0.05, 0.1) is 9.66 Å². The average molecular weight is 348 g/mol. The lowest BCUT2D eigenvalue weighted by Gasteiger charge is -2.18. The summed E-state index contributed by atoms with van der Waals surface area (Å²) in [5.41, 5.74) is 0. The number of hydrogen-bond donors (Lipinski definition) is 1. The van der Waals surface area contributed by atoms with E-state index in [0.717, 1.165) is 8.66 Å². The third-order valence-electron chi connectivity index (χ3n) is 2.43. The number of carboxylic acids is 1. The molecule has 1 aliphatic rings. The lowest BCUT2D eigenvalue weighted by Crippen LogP contribution is -2.40. The standard InChI is InChI=1S/C11H10BrNO3S2/c12-9-3-1-7(18-9)2-4-10(14)13-6-17-5-8(13)11(15)16/h1-4,8H,5-6H2,(H,15,16)/b4-2+/t8-/m0/s1. The Morgan fingerprint density at radius 1 is 1.50 bits per heavy atom. The van der Waals surface area contributed by atoms with Gasteiger partial charge in [0.2, 0.25) is 5.91 Å². The van der Waals surface area contributed by atoms with E-state index in [0.29, 0.717) is 11.6 Å². The molecule has 1 atom stereocenters. The van der Waals surface area contributed by atoms with Crippen molar-refractivity contribution >= 4 is 57.0 Å². The molecule has 96 valence electrons. The van der Waals surface area contributed by atoms with Crippen LogP contribution in [0.1, 0.15) is 4.88 Å². The predicted molar refractivity (Wildman–Crippen MR) is 76.6 cm³/mol. The predicted octanol–water partition coefficient (Wildman–Crippen LogP) is 2.51. The van der Waals surface area contributed by atoms with Gasteiger partial charge in [0.15, 0.2) is 0 Å². The number of thioether (sulfide) groups is 1. The molecule has 1 amide bonds. The molecule has 1 aromatic heterocycles. The molecule has 0 radical (unpaired) electrons. The van der Waals surface area contributed by atoms with Crippen LogP contribution in [0.25, 0.3) is 6.08 Å². The Kier molecular flexibility index (Phi) is 4.47. The van der Waals surface area contributed by atoms with Gasteiger partial charge in [-0.2, -0.15) is 0 Å². The first-order valence-electron chi connectivity index (χ1n) is 5.12. The smallest absolute Gasteiger partial charge is 0.327 e. The minimum Gasteiger partial charge on any atom is -0.480 e. The van der Waals surface area contributed by atoms with Crippen molar-refractivity contribution in [1.29, 1.82) is 0 Å². The molecule has 7 heteroatoms. The zero-order valence-corrected chi connectivity index (χ0v) is 12.4. The van der Waals surface area contributed by atoms with Crippen LogP contribution in [0.15, 0.2) is 22.0 Å². The number of carbonyl (C=O) groups excluding carboxylic acids is 1. The summed E-state index contributed by atoms with van der Waals surface area (Å²) in [5, 5.41) is 8.99. The highest BCUT2D eigenvalue weighted by Gasteiger charge is 2.33. The SMILES string of the molecule is O=C(O)[C@@H]1CSCN1C(=O)/C=C/c1ccc(Br)s1. The van der Waals surface area contributed by atoms with E-state index in [9.17, 15) is 9.59 Å². The Labute approximate surface area is 121 Å². The van der Waals surface area contributed by atoms with Gasteiger partial charge in [-0.25, -0.2) is 4.79 Å². The van der Waals surface area contributed by atoms with Crippen molar-refractivity contribution in [2.45, 2.75) is 6.04 Å². The van der Waals surface area contributed by atoms with Crippen LogP contribution in [0.5, 0.6) is 0 Å². The highest BCUT2D eigenvalue weighted by atomic mass is 79.9. The molecule has 0 aliphatic carbocycles. The zero-order chi connectivity index (χ0) is 13.1. The molecule has 1 aliphatic heterocycles. The van der Waals surface area contributed by atoms with E-state index < -0.39 is 12.0 Å². The third kappa shape index (κ3) is 3.15. The van der Waals surface area contributed by atoms with Gasteiger partial charge >= 0.3 is 5.97 Å². The van der Waals surface area contributed by atoms with Crippen molar-refractivity contribution < 1.29 is 14.7 Å². The summed E-state index contributed by atoms with van der Waals surface area (Å²) in [5.74, 6) is -0.300. The second-order valence-corrected chi connectivity index (χ2v) is 7.13. The first kappa shape index (κ1) is 13.6. The monoisotopic (exact) mass is 347 g/mol. The number of rotatable bonds is 3. The highest BCUT2D eigenvalue weighted by Crippen LogP contribution is 2.24. The van der Waals surface area contributed by atoms with E-state index >= 15 is 0 Å². The van der Waals surface area contributed by atoms with E-state index in [1.807, 2.05) is 12.1 Å². The van der Waals surface area contributed by atoms with Crippen molar-refractivity contribution in [3.8, 4) is 0 Å². The van der Waals surface area contributed by atoms with Crippen molar-refractivity contribution in [2.75, 3.05) is 11.6 Å². The first-order valence-corrected chi connectivity index (χ1v) is 7.89. The molecule has 2 heterocycles. The van der Waals surface area contributed by atoms with Gasteiger partial charge in [0.1, 0.15) is 6.04 Å². The number of halogens is 1. The number of thiophene rings is 1. The van der Waals surface area contributed by atoms with E-state index in [2.05, 4.69) is 15.9 Å². The van der Waals surface area contributed by atoms with E-state index in [-0.39, 0.29) is 5.91 Å². The molecule has 18 heavy (non-hydrogen) atoms. The van der Waals surface area contributed by atoms with Crippen molar-refractivity contribution in [3.63, 3.8) is 0 Å². The third-order valence-corrected chi connectivity index (χ3v) is 5.04. The fraction of sp³-hybridized carbons (Fsp3) is 0.273. The second-order valence-electron chi connectivity index (χ2n) is 3.64.